The molecule has 0 aliphatic rings. The largest absolute Gasteiger partial charge is 0.392 e. The van der Waals surface area contributed by atoms with Gasteiger partial charge in [-0.2, -0.15) is 0 Å². The summed E-state index contributed by atoms with van der Waals surface area (Å²) in [6.07, 6.45) is 0. The summed E-state index contributed by atoms with van der Waals surface area (Å²) in [6, 6.07) is 3.07. The van der Waals surface area contributed by atoms with Crippen molar-refractivity contribution in [2.75, 3.05) is 0 Å². The minimum absolute atomic E-state index is 0.182. The second kappa shape index (κ2) is 3.98. The van der Waals surface area contributed by atoms with E-state index in [1.54, 1.807) is 6.07 Å². The van der Waals surface area contributed by atoms with E-state index in [0.29, 0.717) is 4.47 Å². The second-order valence-corrected chi connectivity index (χ2v) is 3.17. The molecule has 0 aliphatic heterocycles. The zero-order valence-electron chi connectivity index (χ0n) is 6.22. The van der Waals surface area contributed by atoms with Gasteiger partial charge in [0.25, 0.3) is 0 Å². The molecule has 0 aliphatic carbocycles. The van der Waals surface area contributed by atoms with Crippen LogP contribution in [0.5, 0.6) is 0 Å². The Kier molecular flexibility index (Phi) is 3.20. The first-order valence-corrected chi connectivity index (χ1v) is 4.17. The van der Waals surface area contributed by atoms with Crippen LogP contribution in [0.25, 0.3) is 0 Å². The lowest BCUT2D eigenvalue weighted by molar-refractivity contribution is 0.263. The van der Waals surface area contributed by atoms with Gasteiger partial charge in [0, 0.05) is 15.6 Å². The summed E-state index contributed by atoms with van der Waals surface area (Å²) in [6.45, 7) is -0.730. The molecule has 0 radical (unpaired) electrons. The molecule has 0 atom stereocenters. The van der Waals surface area contributed by atoms with Crippen LogP contribution in [-0.4, -0.2) is 10.2 Å². The Labute approximate surface area is 77.8 Å². The third kappa shape index (κ3) is 1.65. The number of hydrogen-bond donors (Lipinski definition) is 2. The van der Waals surface area contributed by atoms with Crippen molar-refractivity contribution >= 4 is 15.9 Å². The van der Waals surface area contributed by atoms with Gasteiger partial charge in [-0.1, -0.05) is 22.0 Å². The van der Waals surface area contributed by atoms with E-state index in [1.807, 2.05) is 0 Å². The molecule has 0 saturated carbocycles. The number of benzene rings is 1. The molecule has 0 bridgehead atoms. The van der Waals surface area contributed by atoms with Crippen molar-refractivity contribution < 1.29 is 14.6 Å². The Hall–Kier alpha value is -0.450. The highest BCUT2D eigenvalue weighted by molar-refractivity contribution is 9.10. The lowest BCUT2D eigenvalue weighted by atomic mass is 10.1. The zero-order chi connectivity index (χ0) is 9.14. The molecule has 2 N–H and O–H groups in total. The number of aliphatic hydroxyl groups is 2. The van der Waals surface area contributed by atoms with Crippen molar-refractivity contribution in [3.8, 4) is 0 Å². The first-order valence-electron chi connectivity index (χ1n) is 3.38. The molecule has 0 heterocycles. The molecule has 0 unspecified atom stereocenters. The fraction of sp³-hybridized carbons (Fsp3) is 0.250. The van der Waals surface area contributed by atoms with E-state index in [4.69, 9.17) is 10.2 Å². The summed E-state index contributed by atoms with van der Waals surface area (Å²) >= 11 is 3.09. The predicted molar refractivity (Wildman–Crippen MR) is 45.9 cm³/mol. The van der Waals surface area contributed by atoms with Gasteiger partial charge in [0.05, 0.1) is 13.2 Å². The summed E-state index contributed by atoms with van der Waals surface area (Å²) in [4.78, 5) is 0. The van der Waals surface area contributed by atoms with E-state index < -0.39 is 5.82 Å². The number of rotatable bonds is 2. The molecule has 4 heteroatoms. The molecule has 0 aromatic heterocycles. The quantitative estimate of drug-likeness (QED) is 0.816. The Balaban J connectivity index is 3.24. The van der Waals surface area contributed by atoms with Crippen LogP contribution in [-0.2, 0) is 13.2 Å². The molecule has 1 aromatic carbocycles. The van der Waals surface area contributed by atoms with E-state index in [0.717, 1.165) is 0 Å². The molecular formula is C8H8BrFO2. The molecule has 0 fully saturated rings. The van der Waals surface area contributed by atoms with E-state index in [9.17, 15) is 4.39 Å². The highest BCUT2D eigenvalue weighted by Gasteiger charge is 2.09. The van der Waals surface area contributed by atoms with E-state index in [-0.39, 0.29) is 24.3 Å². The molecule has 1 aromatic rings. The number of aliphatic hydroxyl groups excluding tert-OH is 2. The van der Waals surface area contributed by atoms with Gasteiger partial charge in [0.15, 0.2) is 0 Å². The molecule has 1 rings (SSSR count). The molecule has 0 saturated heterocycles. The summed E-state index contributed by atoms with van der Waals surface area (Å²) in [5.74, 6) is -0.547. The van der Waals surface area contributed by atoms with E-state index >= 15 is 0 Å². The van der Waals surface area contributed by atoms with Crippen LogP contribution >= 0.6 is 15.9 Å². The average Bonchev–Trinajstić information content (AvgIpc) is 2.06. The number of halogens is 2. The topological polar surface area (TPSA) is 40.5 Å². The van der Waals surface area contributed by atoms with Crippen LogP contribution in [0.4, 0.5) is 4.39 Å². The van der Waals surface area contributed by atoms with E-state index in [1.165, 1.54) is 6.07 Å². The minimum Gasteiger partial charge on any atom is -0.392 e. The fourth-order valence-electron chi connectivity index (χ4n) is 0.913. The summed E-state index contributed by atoms with van der Waals surface area (Å²) < 4.78 is 13.7. The highest BCUT2D eigenvalue weighted by Crippen LogP contribution is 2.22. The van der Waals surface area contributed by atoms with Crippen molar-refractivity contribution in [3.63, 3.8) is 0 Å². The Bertz CT molecular complexity index is 289. The Morgan fingerprint density at radius 1 is 1.25 bits per heavy atom. The van der Waals surface area contributed by atoms with Gasteiger partial charge in [-0.25, -0.2) is 4.39 Å². The summed E-state index contributed by atoms with van der Waals surface area (Å²) in [7, 11) is 0. The lowest BCUT2D eigenvalue weighted by Gasteiger charge is -2.05. The van der Waals surface area contributed by atoms with Gasteiger partial charge in [-0.05, 0) is 6.07 Å². The average molecular weight is 235 g/mol. The minimum atomic E-state index is -0.547. The van der Waals surface area contributed by atoms with Crippen molar-refractivity contribution in [1.82, 2.24) is 0 Å². The highest BCUT2D eigenvalue weighted by atomic mass is 79.9. The van der Waals surface area contributed by atoms with Crippen molar-refractivity contribution in [2.24, 2.45) is 0 Å². The lowest BCUT2D eigenvalue weighted by Crippen LogP contribution is -1.97. The van der Waals surface area contributed by atoms with Crippen LogP contribution in [0.15, 0.2) is 16.6 Å². The predicted octanol–water partition coefficient (Wildman–Crippen LogP) is 1.57. The maximum Gasteiger partial charge on any atom is 0.135 e. The normalized spacial score (nSPS) is 10.3. The fourth-order valence-corrected chi connectivity index (χ4v) is 1.34. The van der Waals surface area contributed by atoms with Gasteiger partial charge in [-0.3, -0.25) is 0 Å². The Morgan fingerprint density at radius 3 is 2.42 bits per heavy atom. The van der Waals surface area contributed by atoms with Gasteiger partial charge in [0.2, 0.25) is 0 Å². The number of hydrogen-bond acceptors (Lipinski definition) is 2. The van der Waals surface area contributed by atoms with Gasteiger partial charge in [0.1, 0.15) is 5.82 Å². The first-order chi connectivity index (χ1) is 5.70. The SMILES string of the molecule is OCc1ccc(Br)c(CO)c1F. The first kappa shape index (κ1) is 9.64. The summed E-state index contributed by atoms with van der Waals surface area (Å²) in [5.41, 5.74) is 0.379. The third-order valence-corrected chi connectivity index (χ3v) is 2.34. The molecule has 0 amide bonds. The molecule has 12 heavy (non-hydrogen) atoms. The molecule has 0 spiro atoms. The second-order valence-electron chi connectivity index (χ2n) is 2.32. The van der Waals surface area contributed by atoms with Gasteiger partial charge >= 0.3 is 0 Å². The van der Waals surface area contributed by atoms with Gasteiger partial charge < -0.3 is 10.2 Å². The van der Waals surface area contributed by atoms with Crippen molar-refractivity contribution in [3.05, 3.63) is 33.5 Å². The maximum absolute atomic E-state index is 13.2. The van der Waals surface area contributed by atoms with Crippen LogP contribution < -0.4 is 0 Å². The third-order valence-electron chi connectivity index (χ3n) is 1.59. The van der Waals surface area contributed by atoms with E-state index in [2.05, 4.69) is 15.9 Å². The zero-order valence-corrected chi connectivity index (χ0v) is 7.81. The molecule has 66 valence electrons. The van der Waals surface area contributed by atoms with Gasteiger partial charge in [-0.15, -0.1) is 0 Å². The van der Waals surface area contributed by atoms with Crippen molar-refractivity contribution in [2.45, 2.75) is 13.2 Å². The maximum atomic E-state index is 13.2. The smallest absolute Gasteiger partial charge is 0.135 e. The standard InChI is InChI=1S/C8H8BrFO2/c9-7-2-1-5(3-11)8(10)6(7)4-12/h1-2,11-12H,3-4H2. The Morgan fingerprint density at radius 2 is 1.92 bits per heavy atom. The van der Waals surface area contributed by atoms with Crippen LogP contribution in [0.3, 0.4) is 0 Å². The monoisotopic (exact) mass is 234 g/mol. The molecule has 2 nitrogen and oxygen atoms in total. The molecular weight excluding hydrogens is 227 g/mol. The van der Waals surface area contributed by atoms with Crippen LogP contribution in [0, 0.1) is 5.82 Å². The van der Waals surface area contributed by atoms with Crippen LogP contribution in [0.1, 0.15) is 11.1 Å². The summed E-state index contributed by atoms with van der Waals surface area (Å²) in [5, 5.41) is 17.5. The van der Waals surface area contributed by atoms with Crippen molar-refractivity contribution in [1.29, 1.82) is 0 Å². The van der Waals surface area contributed by atoms with Crippen LogP contribution in [0.2, 0.25) is 0 Å².